The third-order valence-corrected chi connectivity index (χ3v) is 1.30. The number of benzene rings is 1. The largest absolute Gasteiger partial charge is 0.595 e. The van der Waals surface area contributed by atoms with Crippen molar-refractivity contribution >= 4 is 5.69 Å². The summed E-state index contributed by atoms with van der Waals surface area (Å²) in [5, 5.41) is 17.9. The Labute approximate surface area is 64.4 Å². The Hall–Kier alpha value is -1.34. The van der Waals surface area contributed by atoms with Crippen molar-refractivity contribution in [2.75, 3.05) is 0 Å². The molecule has 0 saturated carbocycles. The molecule has 1 aromatic carbocycles. The Morgan fingerprint density at radius 3 is 2.27 bits per heavy atom. The summed E-state index contributed by atoms with van der Waals surface area (Å²) in [4.78, 5) is 0. The highest BCUT2D eigenvalue weighted by molar-refractivity contribution is 5.39. The lowest BCUT2D eigenvalue weighted by atomic mass is 10.2. The molecule has 0 aromatic heterocycles. The van der Waals surface area contributed by atoms with Crippen LogP contribution in [-0.2, 0) is 0 Å². The zero-order valence-corrected chi connectivity index (χ0v) is 5.74. The maximum Gasteiger partial charge on any atom is 0.163 e. The number of hydrogen-bond acceptors (Lipinski definition) is 2. The Balaban J connectivity index is 2.94. The first-order chi connectivity index (χ1) is 5.24. The van der Waals surface area contributed by atoms with Crippen molar-refractivity contribution in [2.24, 2.45) is 0 Å². The molecule has 3 heteroatoms. The highest BCUT2D eigenvalue weighted by atomic mass is 16.8. The van der Waals surface area contributed by atoms with Crippen molar-refractivity contribution in [1.82, 2.24) is 0 Å². The standard InChI is InChI=1S/C8H7NO2/c1-2-7-3-5-8(6-4-7)9(10)11/h1,3-6,9-10H. The van der Waals surface area contributed by atoms with Gasteiger partial charge in [0.1, 0.15) is 0 Å². The second-order valence-electron chi connectivity index (χ2n) is 2.03. The lowest BCUT2D eigenvalue weighted by Gasteiger charge is -2.10. The number of quaternary nitrogens is 1. The van der Waals surface area contributed by atoms with Crippen LogP contribution in [0.5, 0.6) is 0 Å². The Morgan fingerprint density at radius 1 is 1.36 bits per heavy atom. The molecule has 0 aliphatic heterocycles. The summed E-state index contributed by atoms with van der Waals surface area (Å²) in [6.45, 7) is 0. The lowest BCUT2D eigenvalue weighted by molar-refractivity contribution is -0.991. The maximum atomic E-state index is 10.3. The van der Waals surface area contributed by atoms with E-state index in [0.29, 0.717) is 5.56 Å². The predicted molar refractivity (Wildman–Crippen MR) is 40.2 cm³/mol. The van der Waals surface area contributed by atoms with E-state index in [-0.39, 0.29) is 5.69 Å². The zero-order valence-electron chi connectivity index (χ0n) is 5.74. The minimum atomic E-state index is -0.937. The quantitative estimate of drug-likeness (QED) is 0.438. The minimum Gasteiger partial charge on any atom is -0.595 e. The molecule has 11 heavy (non-hydrogen) atoms. The summed E-state index contributed by atoms with van der Waals surface area (Å²) in [5.41, 5.74) is 0.944. The van der Waals surface area contributed by atoms with Gasteiger partial charge in [-0.05, 0) is 12.1 Å². The Kier molecular flexibility index (Phi) is 2.24. The van der Waals surface area contributed by atoms with Crippen molar-refractivity contribution in [3.8, 4) is 12.3 Å². The molecular formula is C8H7NO2. The molecule has 0 aliphatic rings. The number of hydrogen-bond donors (Lipinski definition) is 2. The fourth-order valence-corrected chi connectivity index (χ4v) is 0.709. The molecule has 0 aliphatic carbocycles. The molecule has 3 nitrogen and oxygen atoms in total. The van der Waals surface area contributed by atoms with Gasteiger partial charge in [0.25, 0.3) is 0 Å². The Bertz CT molecular complexity index is 271. The van der Waals surface area contributed by atoms with Crippen LogP contribution >= 0.6 is 0 Å². The van der Waals surface area contributed by atoms with Gasteiger partial charge in [-0.1, -0.05) is 5.92 Å². The average Bonchev–Trinajstić information content (AvgIpc) is 2.05. The topological polar surface area (TPSA) is 47.7 Å². The van der Waals surface area contributed by atoms with E-state index in [0.717, 1.165) is 0 Å². The number of nitrogens with one attached hydrogen (secondary N) is 1. The molecule has 0 bridgehead atoms. The van der Waals surface area contributed by atoms with E-state index in [9.17, 15) is 5.21 Å². The summed E-state index contributed by atoms with van der Waals surface area (Å²) in [6.07, 6.45) is 5.08. The molecule has 2 N–H and O–H groups in total. The zero-order chi connectivity index (χ0) is 8.27. The number of rotatable bonds is 1. The summed E-state index contributed by atoms with van der Waals surface area (Å²) >= 11 is 0. The second-order valence-corrected chi connectivity index (χ2v) is 2.03. The van der Waals surface area contributed by atoms with Crippen LogP contribution in [0, 0.1) is 17.6 Å². The third kappa shape index (κ3) is 1.79. The fourth-order valence-electron chi connectivity index (χ4n) is 0.709. The van der Waals surface area contributed by atoms with Gasteiger partial charge in [-0.3, -0.25) is 0 Å². The van der Waals surface area contributed by atoms with Gasteiger partial charge in [0.2, 0.25) is 0 Å². The smallest absolute Gasteiger partial charge is 0.163 e. The van der Waals surface area contributed by atoms with Gasteiger partial charge in [-0.25, -0.2) is 5.21 Å². The van der Waals surface area contributed by atoms with Gasteiger partial charge in [-0.15, -0.1) is 6.42 Å². The van der Waals surface area contributed by atoms with Crippen LogP contribution in [0.3, 0.4) is 0 Å². The summed E-state index contributed by atoms with van der Waals surface area (Å²) in [5.74, 6) is 2.40. The minimum absolute atomic E-state index is 0.254. The van der Waals surface area contributed by atoms with E-state index >= 15 is 0 Å². The van der Waals surface area contributed by atoms with Crippen LogP contribution in [0.4, 0.5) is 5.69 Å². The van der Waals surface area contributed by atoms with Gasteiger partial charge in [0.15, 0.2) is 5.69 Å². The van der Waals surface area contributed by atoms with Gasteiger partial charge in [0.05, 0.1) is 0 Å². The van der Waals surface area contributed by atoms with Crippen LogP contribution in [0.1, 0.15) is 5.56 Å². The van der Waals surface area contributed by atoms with E-state index in [4.69, 9.17) is 11.6 Å². The van der Waals surface area contributed by atoms with Crippen molar-refractivity contribution in [2.45, 2.75) is 0 Å². The molecule has 1 unspecified atom stereocenters. The molecule has 0 heterocycles. The van der Waals surface area contributed by atoms with Crippen LogP contribution in [-0.4, -0.2) is 5.21 Å². The van der Waals surface area contributed by atoms with Gasteiger partial charge >= 0.3 is 0 Å². The molecule has 1 atom stereocenters. The van der Waals surface area contributed by atoms with E-state index in [2.05, 4.69) is 5.92 Å². The van der Waals surface area contributed by atoms with E-state index < -0.39 is 5.23 Å². The van der Waals surface area contributed by atoms with Crippen molar-refractivity contribution < 1.29 is 10.4 Å². The third-order valence-electron chi connectivity index (χ3n) is 1.30. The van der Waals surface area contributed by atoms with E-state index in [1.807, 2.05) is 0 Å². The lowest BCUT2D eigenvalue weighted by Crippen LogP contribution is -2.99. The molecule has 0 spiro atoms. The van der Waals surface area contributed by atoms with E-state index in [1.54, 1.807) is 12.1 Å². The first kappa shape index (κ1) is 7.76. The Morgan fingerprint density at radius 2 is 1.91 bits per heavy atom. The first-order valence-corrected chi connectivity index (χ1v) is 3.04. The van der Waals surface area contributed by atoms with Crippen LogP contribution in [0.2, 0.25) is 0 Å². The highest BCUT2D eigenvalue weighted by Gasteiger charge is 1.96. The molecule has 0 amide bonds. The van der Waals surface area contributed by atoms with Gasteiger partial charge in [-0.2, -0.15) is 5.23 Å². The predicted octanol–water partition coefficient (Wildman–Crippen LogP) is 0.0713. The molecule has 56 valence electrons. The normalized spacial score (nSPS) is 12.1. The first-order valence-electron chi connectivity index (χ1n) is 3.04. The molecular weight excluding hydrogens is 142 g/mol. The highest BCUT2D eigenvalue weighted by Crippen LogP contribution is 2.02. The number of terminal acetylenes is 1. The monoisotopic (exact) mass is 149 g/mol. The van der Waals surface area contributed by atoms with Crippen molar-refractivity contribution in [3.63, 3.8) is 0 Å². The fraction of sp³-hybridized carbons (Fsp3) is 0. The van der Waals surface area contributed by atoms with Crippen molar-refractivity contribution in [3.05, 3.63) is 35.0 Å². The molecule has 0 fully saturated rings. The van der Waals surface area contributed by atoms with Crippen molar-refractivity contribution in [1.29, 1.82) is 0 Å². The summed E-state index contributed by atoms with van der Waals surface area (Å²) in [6, 6.07) is 6.17. The second kappa shape index (κ2) is 3.17. The summed E-state index contributed by atoms with van der Waals surface area (Å²) in [7, 11) is 0. The SMILES string of the molecule is C#Cc1ccc([NH+]([O-])O)cc1. The van der Waals surface area contributed by atoms with Crippen LogP contribution < -0.4 is 5.23 Å². The molecule has 0 saturated heterocycles. The molecule has 1 rings (SSSR count). The van der Waals surface area contributed by atoms with Gasteiger partial charge < -0.3 is 5.21 Å². The summed E-state index contributed by atoms with van der Waals surface area (Å²) < 4.78 is 0. The average molecular weight is 149 g/mol. The molecule has 1 aromatic rings. The van der Waals surface area contributed by atoms with Crippen LogP contribution in [0.25, 0.3) is 0 Å². The van der Waals surface area contributed by atoms with Crippen LogP contribution in [0.15, 0.2) is 24.3 Å². The molecule has 0 radical (unpaired) electrons. The van der Waals surface area contributed by atoms with Gasteiger partial charge in [0, 0.05) is 17.7 Å². The maximum absolute atomic E-state index is 10.3. The van der Waals surface area contributed by atoms with E-state index in [1.165, 1.54) is 12.1 Å².